The van der Waals surface area contributed by atoms with Gasteiger partial charge in [-0.3, -0.25) is 0 Å². The molecule has 2 aliphatic carbocycles. The molecule has 2 saturated heterocycles. The van der Waals surface area contributed by atoms with Gasteiger partial charge in [-0.25, -0.2) is 0 Å². The Morgan fingerprint density at radius 2 is 0.862 bits per heavy atom. The lowest BCUT2D eigenvalue weighted by Crippen LogP contribution is -2.67. The van der Waals surface area contributed by atoms with E-state index < -0.39 is 0 Å². The van der Waals surface area contributed by atoms with Crippen LogP contribution in [0, 0.1) is 22.7 Å². The van der Waals surface area contributed by atoms with E-state index in [0.29, 0.717) is 11.8 Å². The van der Waals surface area contributed by atoms with E-state index in [-0.39, 0.29) is 34.2 Å². The second-order valence-electron chi connectivity index (χ2n) is 12.5. The summed E-state index contributed by atoms with van der Waals surface area (Å²) >= 11 is 0. The van der Waals surface area contributed by atoms with Gasteiger partial charge in [0, 0.05) is 0 Å². The smallest absolute Gasteiger partial charge is 0.111 e. The Morgan fingerprint density at radius 1 is 0.552 bits per heavy atom. The van der Waals surface area contributed by atoms with Crippen molar-refractivity contribution in [3.63, 3.8) is 0 Å². The summed E-state index contributed by atoms with van der Waals surface area (Å²) in [5, 5.41) is 0. The largest absolute Gasteiger partial charge is 0.370 e. The van der Waals surface area contributed by atoms with Gasteiger partial charge in [0.25, 0.3) is 0 Å². The highest BCUT2D eigenvalue weighted by Crippen LogP contribution is 2.60. The molecule has 0 radical (unpaired) electrons. The van der Waals surface area contributed by atoms with Crippen molar-refractivity contribution in [3.05, 3.63) is 0 Å². The highest BCUT2D eigenvalue weighted by atomic mass is 16.6. The fourth-order valence-electron chi connectivity index (χ4n) is 7.25. The molecule has 4 aliphatic rings. The van der Waals surface area contributed by atoms with Crippen LogP contribution in [-0.2, 0) is 14.2 Å². The van der Waals surface area contributed by atoms with E-state index in [1.165, 1.54) is 64.2 Å². The van der Waals surface area contributed by atoms with Crippen LogP contribution in [0.2, 0.25) is 0 Å². The van der Waals surface area contributed by atoms with Gasteiger partial charge in [0.2, 0.25) is 0 Å². The zero-order valence-corrected chi connectivity index (χ0v) is 20.0. The Balaban J connectivity index is 1.80. The predicted molar refractivity (Wildman–Crippen MR) is 118 cm³/mol. The van der Waals surface area contributed by atoms with Crippen LogP contribution in [-0.4, -0.2) is 36.6 Å². The maximum Gasteiger partial charge on any atom is 0.111 e. The number of rotatable bonds is 6. The van der Waals surface area contributed by atoms with Crippen LogP contribution in [0.4, 0.5) is 0 Å². The summed E-state index contributed by atoms with van der Waals surface area (Å²) in [6.07, 6.45) is 13.7. The first-order valence-electron chi connectivity index (χ1n) is 12.6. The third-order valence-corrected chi connectivity index (χ3v) is 8.73. The number of ether oxygens (including phenoxy) is 3. The van der Waals surface area contributed by atoms with E-state index in [2.05, 4.69) is 41.5 Å². The molecule has 0 spiro atoms. The fourth-order valence-corrected chi connectivity index (χ4v) is 7.25. The summed E-state index contributed by atoms with van der Waals surface area (Å²) in [5.41, 5.74) is -0.360. The molecular formula is C26H46O3. The van der Waals surface area contributed by atoms with Crippen molar-refractivity contribution in [1.29, 1.82) is 0 Å². The molecule has 4 unspecified atom stereocenters. The van der Waals surface area contributed by atoms with Gasteiger partial charge in [-0.1, -0.05) is 80.1 Å². The fraction of sp³-hybridized carbons (Fsp3) is 1.00. The van der Waals surface area contributed by atoms with E-state index in [9.17, 15) is 0 Å². The Hall–Kier alpha value is -0.120. The third kappa shape index (κ3) is 3.82. The number of hydrogen-bond acceptors (Lipinski definition) is 3. The van der Waals surface area contributed by atoms with Crippen molar-refractivity contribution in [1.82, 2.24) is 0 Å². The Labute approximate surface area is 179 Å². The average molecular weight is 407 g/mol. The minimum absolute atomic E-state index is 0.0379. The maximum atomic E-state index is 7.83. The summed E-state index contributed by atoms with van der Waals surface area (Å²) in [5.74, 6) is 1.18. The Bertz CT molecular complexity index is 503. The minimum Gasteiger partial charge on any atom is -0.370 e. The van der Waals surface area contributed by atoms with Gasteiger partial charge in [-0.2, -0.15) is 0 Å². The van der Waals surface area contributed by atoms with Gasteiger partial charge in [0.15, 0.2) is 0 Å². The molecule has 2 heterocycles. The third-order valence-electron chi connectivity index (χ3n) is 8.73. The van der Waals surface area contributed by atoms with Gasteiger partial charge in [-0.15, -0.1) is 0 Å². The SMILES string of the molecule is CC(C)(C)C(OC(C1CCCCC1)(C1CO1)C(C)(C)C)(C1CCCCC1)C1CO1. The van der Waals surface area contributed by atoms with Gasteiger partial charge >= 0.3 is 0 Å². The molecule has 0 aromatic carbocycles. The molecule has 3 heteroatoms. The van der Waals surface area contributed by atoms with Gasteiger partial charge < -0.3 is 14.2 Å². The van der Waals surface area contributed by atoms with Crippen molar-refractivity contribution >= 4 is 0 Å². The molecule has 0 N–H and O–H groups in total. The predicted octanol–water partition coefficient (Wildman–Crippen LogP) is 6.53. The standard InChI is InChI=1S/C26H46O3/c1-23(2,3)25(21-17-27-21,19-13-9-7-10-14-19)29-26(22-18-28-22,24(4,5)6)20-15-11-8-12-16-20/h19-22H,7-18H2,1-6H3. The molecule has 0 amide bonds. The summed E-state index contributed by atoms with van der Waals surface area (Å²) in [6.45, 7) is 16.2. The molecule has 2 aliphatic heterocycles. The first-order valence-corrected chi connectivity index (χ1v) is 12.6. The maximum absolute atomic E-state index is 7.83. The molecule has 3 nitrogen and oxygen atoms in total. The second kappa shape index (κ2) is 7.78. The monoisotopic (exact) mass is 406 g/mol. The first kappa shape index (κ1) is 22.1. The normalized spacial score (nSPS) is 33.7. The summed E-state index contributed by atoms with van der Waals surface area (Å²) in [4.78, 5) is 0. The lowest BCUT2D eigenvalue weighted by Gasteiger charge is -2.60. The highest BCUT2D eigenvalue weighted by Gasteiger charge is 2.68. The van der Waals surface area contributed by atoms with E-state index in [4.69, 9.17) is 14.2 Å². The van der Waals surface area contributed by atoms with Crippen LogP contribution >= 0.6 is 0 Å². The van der Waals surface area contributed by atoms with Gasteiger partial charge in [0.05, 0.1) is 13.2 Å². The van der Waals surface area contributed by atoms with E-state index >= 15 is 0 Å². The quantitative estimate of drug-likeness (QED) is 0.470. The van der Waals surface area contributed by atoms with Crippen LogP contribution in [0.1, 0.15) is 106 Å². The number of hydrogen-bond donors (Lipinski definition) is 0. The zero-order chi connectivity index (χ0) is 20.9. The Morgan fingerprint density at radius 3 is 1.10 bits per heavy atom. The number of epoxide rings is 2. The Kier molecular flexibility index (Phi) is 5.93. The van der Waals surface area contributed by atoms with Crippen molar-refractivity contribution in [2.45, 2.75) is 129 Å². The molecule has 4 fully saturated rings. The van der Waals surface area contributed by atoms with Crippen molar-refractivity contribution in [2.75, 3.05) is 13.2 Å². The molecule has 0 aromatic heterocycles. The molecule has 4 atom stereocenters. The van der Waals surface area contributed by atoms with E-state index in [1.807, 2.05) is 0 Å². The molecular weight excluding hydrogens is 360 g/mol. The van der Waals surface area contributed by atoms with Crippen LogP contribution in [0.25, 0.3) is 0 Å². The first-order chi connectivity index (χ1) is 13.6. The van der Waals surface area contributed by atoms with Gasteiger partial charge in [0.1, 0.15) is 23.4 Å². The van der Waals surface area contributed by atoms with Crippen molar-refractivity contribution < 1.29 is 14.2 Å². The lowest BCUT2D eigenvalue weighted by atomic mass is 9.59. The van der Waals surface area contributed by atoms with Crippen LogP contribution in [0.15, 0.2) is 0 Å². The molecule has 2 saturated carbocycles. The topological polar surface area (TPSA) is 34.3 Å². The van der Waals surface area contributed by atoms with Crippen molar-refractivity contribution in [3.8, 4) is 0 Å². The summed E-state index contributed by atoms with van der Waals surface area (Å²) < 4.78 is 20.1. The van der Waals surface area contributed by atoms with Crippen LogP contribution in [0.3, 0.4) is 0 Å². The average Bonchev–Trinajstić information content (AvgIpc) is 3.54. The van der Waals surface area contributed by atoms with E-state index in [0.717, 1.165) is 13.2 Å². The summed E-state index contributed by atoms with van der Waals surface area (Å²) in [6, 6.07) is 0. The second-order valence-corrected chi connectivity index (χ2v) is 12.5. The minimum atomic E-state index is -0.218. The van der Waals surface area contributed by atoms with Crippen molar-refractivity contribution in [2.24, 2.45) is 22.7 Å². The molecule has 29 heavy (non-hydrogen) atoms. The van der Waals surface area contributed by atoms with Gasteiger partial charge in [-0.05, 0) is 48.3 Å². The molecule has 0 aromatic rings. The highest BCUT2D eigenvalue weighted by molar-refractivity contribution is 5.15. The van der Waals surface area contributed by atoms with Crippen LogP contribution in [0.5, 0.6) is 0 Å². The molecule has 0 bridgehead atoms. The lowest BCUT2D eigenvalue weighted by molar-refractivity contribution is -0.295. The van der Waals surface area contributed by atoms with E-state index in [1.54, 1.807) is 0 Å². The molecule has 4 rings (SSSR count). The van der Waals surface area contributed by atoms with Crippen LogP contribution < -0.4 is 0 Å². The molecule has 168 valence electrons. The summed E-state index contributed by atoms with van der Waals surface area (Å²) in [7, 11) is 0. The zero-order valence-electron chi connectivity index (χ0n) is 20.0.